The van der Waals surface area contributed by atoms with Crippen LogP contribution in [0.3, 0.4) is 0 Å². The Balaban J connectivity index is 1.42. The highest BCUT2D eigenvalue weighted by atomic mass is 16.7. The highest BCUT2D eigenvalue weighted by molar-refractivity contribution is 5.76. The van der Waals surface area contributed by atoms with Crippen LogP contribution in [-0.4, -0.2) is 40.6 Å². The van der Waals surface area contributed by atoms with Crippen molar-refractivity contribution in [1.82, 2.24) is 20.3 Å². The van der Waals surface area contributed by atoms with Crippen molar-refractivity contribution in [2.45, 2.75) is 38.1 Å². The fourth-order valence-corrected chi connectivity index (χ4v) is 3.59. The van der Waals surface area contributed by atoms with E-state index in [2.05, 4.69) is 10.3 Å². The Labute approximate surface area is 153 Å². The van der Waals surface area contributed by atoms with E-state index < -0.39 is 0 Å². The summed E-state index contributed by atoms with van der Waals surface area (Å²) in [5.74, 6) is 0.813. The Morgan fingerprint density at radius 1 is 1.27 bits per heavy atom. The zero-order chi connectivity index (χ0) is 17.8. The average Bonchev–Trinajstić information content (AvgIpc) is 3.21. The van der Waals surface area contributed by atoms with Gasteiger partial charge in [-0.2, -0.15) is 5.06 Å². The van der Waals surface area contributed by atoms with E-state index in [9.17, 15) is 4.79 Å². The van der Waals surface area contributed by atoms with Gasteiger partial charge in [0.15, 0.2) is 5.82 Å². The summed E-state index contributed by atoms with van der Waals surface area (Å²) in [7, 11) is 0. The van der Waals surface area contributed by atoms with Crippen molar-refractivity contribution in [3.05, 3.63) is 47.8 Å². The summed E-state index contributed by atoms with van der Waals surface area (Å²) in [4.78, 5) is 27.1. The van der Waals surface area contributed by atoms with Crippen molar-refractivity contribution in [2.24, 2.45) is 0 Å². The molecular weight excluding hydrogens is 328 g/mol. The Bertz CT molecular complexity index is 760. The molecule has 0 radical (unpaired) electrons. The molecule has 1 saturated heterocycles. The number of hydrogen-bond acceptors (Lipinski definition) is 5. The third-order valence-corrected chi connectivity index (χ3v) is 4.96. The monoisotopic (exact) mass is 352 g/mol. The van der Waals surface area contributed by atoms with Gasteiger partial charge in [0.05, 0.1) is 12.6 Å². The van der Waals surface area contributed by atoms with Gasteiger partial charge in [-0.3, -0.25) is 9.63 Å². The molecule has 136 valence electrons. The topological polar surface area (TPSA) is 67.3 Å². The number of hydrogen-bond donors (Lipinski definition) is 1. The van der Waals surface area contributed by atoms with Gasteiger partial charge in [0, 0.05) is 42.5 Å². The lowest BCUT2D eigenvalue weighted by atomic mass is 9.92. The average molecular weight is 352 g/mol. The van der Waals surface area contributed by atoms with Crippen molar-refractivity contribution in [3.63, 3.8) is 0 Å². The SMILES string of the molecule is O=C(CCN1CCCO1)NC1CCCc2nc(-c3ccccc3)ncc21. The number of fused-ring (bicyclic) bond motifs is 1. The molecule has 2 aliphatic rings. The van der Waals surface area contributed by atoms with Crippen LogP contribution in [-0.2, 0) is 16.1 Å². The molecule has 1 N–H and O–H groups in total. The molecule has 1 aliphatic heterocycles. The maximum Gasteiger partial charge on any atom is 0.221 e. The van der Waals surface area contributed by atoms with Gasteiger partial charge in [-0.05, 0) is 25.7 Å². The summed E-state index contributed by atoms with van der Waals surface area (Å²) in [6.07, 6.45) is 6.28. The van der Waals surface area contributed by atoms with Crippen molar-refractivity contribution < 1.29 is 9.63 Å². The summed E-state index contributed by atoms with van der Waals surface area (Å²) in [5, 5.41) is 5.04. The number of rotatable bonds is 5. The number of carbonyl (C=O) groups excluding carboxylic acids is 1. The molecular formula is C20H24N4O2. The van der Waals surface area contributed by atoms with Crippen LogP contribution < -0.4 is 5.32 Å². The fraction of sp³-hybridized carbons (Fsp3) is 0.450. The van der Waals surface area contributed by atoms with Crippen LogP contribution in [0.2, 0.25) is 0 Å². The summed E-state index contributed by atoms with van der Waals surface area (Å²) in [6.45, 7) is 2.32. The molecule has 6 heteroatoms. The van der Waals surface area contributed by atoms with E-state index in [4.69, 9.17) is 9.82 Å². The molecule has 1 aliphatic carbocycles. The quantitative estimate of drug-likeness (QED) is 0.896. The molecule has 26 heavy (non-hydrogen) atoms. The van der Waals surface area contributed by atoms with Crippen molar-refractivity contribution in [3.8, 4) is 11.4 Å². The number of amides is 1. The smallest absolute Gasteiger partial charge is 0.221 e. The molecule has 0 saturated carbocycles. The van der Waals surface area contributed by atoms with Crippen LogP contribution in [0.4, 0.5) is 0 Å². The molecule has 1 unspecified atom stereocenters. The molecule has 6 nitrogen and oxygen atoms in total. The molecule has 0 spiro atoms. The Kier molecular flexibility index (Phi) is 5.22. The van der Waals surface area contributed by atoms with Gasteiger partial charge in [-0.15, -0.1) is 0 Å². The Hall–Kier alpha value is -2.31. The first-order valence-corrected chi connectivity index (χ1v) is 9.38. The first-order valence-electron chi connectivity index (χ1n) is 9.38. The van der Waals surface area contributed by atoms with E-state index in [1.807, 2.05) is 41.6 Å². The molecule has 1 amide bonds. The van der Waals surface area contributed by atoms with Crippen LogP contribution in [0.5, 0.6) is 0 Å². The van der Waals surface area contributed by atoms with Crippen LogP contribution in [0.1, 0.15) is 43.0 Å². The minimum atomic E-state index is 0.00979. The molecule has 1 aromatic heterocycles. The lowest BCUT2D eigenvalue weighted by Crippen LogP contribution is -2.33. The lowest BCUT2D eigenvalue weighted by Gasteiger charge is -2.26. The Morgan fingerprint density at radius 2 is 2.15 bits per heavy atom. The minimum Gasteiger partial charge on any atom is -0.349 e. The highest BCUT2D eigenvalue weighted by Crippen LogP contribution is 2.29. The van der Waals surface area contributed by atoms with Crippen molar-refractivity contribution >= 4 is 5.91 Å². The zero-order valence-electron chi connectivity index (χ0n) is 14.9. The second-order valence-electron chi connectivity index (χ2n) is 6.84. The van der Waals surface area contributed by atoms with Gasteiger partial charge in [0.2, 0.25) is 5.91 Å². The van der Waals surface area contributed by atoms with Crippen molar-refractivity contribution in [2.75, 3.05) is 19.7 Å². The van der Waals surface area contributed by atoms with E-state index >= 15 is 0 Å². The third kappa shape index (κ3) is 3.92. The molecule has 1 fully saturated rings. The molecule has 2 aromatic rings. The van der Waals surface area contributed by atoms with Gasteiger partial charge < -0.3 is 5.32 Å². The number of nitrogens with zero attached hydrogens (tertiary/aromatic N) is 3. The summed E-state index contributed by atoms with van der Waals surface area (Å²) >= 11 is 0. The second kappa shape index (κ2) is 7.93. The van der Waals surface area contributed by atoms with Gasteiger partial charge in [0.1, 0.15) is 0 Å². The third-order valence-electron chi connectivity index (χ3n) is 4.96. The van der Waals surface area contributed by atoms with Crippen LogP contribution >= 0.6 is 0 Å². The predicted octanol–water partition coefficient (Wildman–Crippen LogP) is 2.66. The summed E-state index contributed by atoms with van der Waals surface area (Å²) in [5.41, 5.74) is 3.13. The molecule has 1 atom stereocenters. The van der Waals surface area contributed by atoms with Crippen LogP contribution in [0, 0.1) is 0 Å². The first kappa shape index (κ1) is 17.1. The first-order chi connectivity index (χ1) is 12.8. The summed E-state index contributed by atoms with van der Waals surface area (Å²) in [6, 6.07) is 10.0. The number of carbonyl (C=O) groups is 1. The normalized spacial score (nSPS) is 19.9. The van der Waals surface area contributed by atoms with Crippen LogP contribution in [0.15, 0.2) is 36.5 Å². The zero-order valence-corrected chi connectivity index (χ0v) is 14.9. The number of aryl methyl sites for hydroxylation is 1. The second-order valence-corrected chi connectivity index (χ2v) is 6.84. The largest absolute Gasteiger partial charge is 0.349 e. The molecule has 1 aromatic carbocycles. The van der Waals surface area contributed by atoms with Gasteiger partial charge in [-0.25, -0.2) is 9.97 Å². The minimum absolute atomic E-state index is 0.00979. The number of aromatic nitrogens is 2. The number of hydroxylamine groups is 2. The van der Waals surface area contributed by atoms with Gasteiger partial charge >= 0.3 is 0 Å². The molecule has 4 rings (SSSR count). The standard InChI is InChI=1S/C20H24N4O2/c25-19(10-12-24-11-5-13-26-24)22-17-8-4-9-18-16(17)14-21-20(23-18)15-6-2-1-3-7-15/h1-3,6-7,14,17H,4-5,8-13H2,(H,22,25). The van der Waals surface area contributed by atoms with E-state index in [1.54, 1.807) is 0 Å². The lowest BCUT2D eigenvalue weighted by molar-refractivity contribution is -0.131. The van der Waals surface area contributed by atoms with Gasteiger partial charge in [-0.1, -0.05) is 30.3 Å². The maximum absolute atomic E-state index is 12.3. The van der Waals surface area contributed by atoms with E-state index in [0.29, 0.717) is 13.0 Å². The molecule has 2 heterocycles. The fourth-order valence-electron chi connectivity index (χ4n) is 3.59. The highest BCUT2D eigenvalue weighted by Gasteiger charge is 2.24. The molecule has 0 bridgehead atoms. The number of nitrogens with one attached hydrogen (secondary N) is 1. The Morgan fingerprint density at radius 3 is 2.96 bits per heavy atom. The van der Waals surface area contributed by atoms with E-state index in [0.717, 1.165) is 61.5 Å². The maximum atomic E-state index is 12.3. The van der Waals surface area contributed by atoms with Crippen LogP contribution in [0.25, 0.3) is 11.4 Å². The number of benzene rings is 1. The van der Waals surface area contributed by atoms with E-state index in [1.165, 1.54) is 0 Å². The predicted molar refractivity (Wildman–Crippen MR) is 98.0 cm³/mol. The van der Waals surface area contributed by atoms with Gasteiger partial charge in [0.25, 0.3) is 0 Å². The van der Waals surface area contributed by atoms with Crippen molar-refractivity contribution in [1.29, 1.82) is 0 Å². The van der Waals surface area contributed by atoms with E-state index in [-0.39, 0.29) is 11.9 Å². The summed E-state index contributed by atoms with van der Waals surface area (Å²) < 4.78 is 0.